The van der Waals surface area contributed by atoms with Crippen LogP contribution in [0.4, 0.5) is 0 Å². The molecule has 1 aliphatic carbocycles. The van der Waals surface area contributed by atoms with Crippen LogP contribution < -0.4 is 0 Å². The highest BCUT2D eigenvalue weighted by Crippen LogP contribution is 2.42. The van der Waals surface area contributed by atoms with Gasteiger partial charge in [0.25, 0.3) is 0 Å². The fourth-order valence-corrected chi connectivity index (χ4v) is 8.26. The molecule has 3 aromatic heterocycles. The summed E-state index contributed by atoms with van der Waals surface area (Å²) in [5.74, 6) is 1.03. The summed E-state index contributed by atoms with van der Waals surface area (Å²) in [6.45, 7) is 10.7. The molecule has 0 saturated heterocycles. The van der Waals surface area contributed by atoms with Gasteiger partial charge in [0.15, 0.2) is 0 Å². The summed E-state index contributed by atoms with van der Waals surface area (Å²) in [7, 11) is 0. The molecule has 0 amide bonds. The fourth-order valence-electron chi connectivity index (χ4n) is 8.26. The van der Waals surface area contributed by atoms with Gasteiger partial charge in [0.05, 0.1) is 33.6 Å². The Morgan fingerprint density at radius 3 is 2.07 bits per heavy atom. The zero-order valence-corrected chi connectivity index (χ0v) is 31.4. The van der Waals surface area contributed by atoms with Crippen molar-refractivity contribution in [2.45, 2.75) is 27.2 Å². The van der Waals surface area contributed by atoms with E-state index in [1.807, 2.05) is 12.1 Å². The van der Waals surface area contributed by atoms with Crippen LogP contribution in [0.2, 0.25) is 0 Å². The van der Waals surface area contributed by atoms with Crippen LogP contribution in [0.5, 0.6) is 0 Å². The molecular weight excluding hydrogens is 669 g/mol. The van der Waals surface area contributed by atoms with Crippen LogP contribution in [0.1, 0.15) is 44.0 Å². The summed E-state index contributed by atoms with van der Waals surface area (Å²) in [5.41, 5.74) is 14.2. The number of allylic oxidation sites excluding steroid dienone is 7. The van der Waals surface area contributed by atoms with E-state index < -0.39 is 0 Å². The van der Waals surface area contributed by atoms with E-state index in [0.717, 1.165) is 78.6 Å². The maximum absolute atomic E-state index is 5.48. The normalized spacial score (nSPS) is 14.7. The molecule has 4 heteroatoms. The quantitative estimate of drug-likeness (QED) is 0.147. The maximum Gasteiger partial charge on any atom is 0.235 e. The van der Waals surface area contributed by atoms with Crippen molar-refractivity contribution in [2.75, 3.05) is 0 Å². The zero-order valence-electron chi connectivity index (χ0n) is 31.4. The molecule has 0 N–H and O–H groups in total. The molecule has 1 unspecified atom stereocenters. The molecule has 55 heavy (non-hydrogen) atoms. The predicted molar refractivity (Wildman–Crippen MR) is 234 cm³/mol. The molecule has 5 aromatic carbocycles. The molecule has 0 saturated carbocycles. The van der Waals surface area contributed by atoms with Crippen LogP contribution in [-0.4, -0.2) is 19.1 Å². The minimum Gasteiger partial charge on any atom is -0.307 e. The standard InChI is InChI=1S/C51H42N4/c1-5-17-36-31-38(28-27-34(36)4)37-21-16-22-39(32-37)46-33-45(35-19-10-8-11-20-35)52-51(53-46)55-48-26-15-14-25-42(48)44-30-29-43-41(7-3)47(18-6-2)54(49(43)50(44)55)40-23-12-9-13-24-40/h5-30,32-33,36H,3,31H2,1-2,4H3/b17-5-,18-6-. The molecule has 1 atom stereocenters. The summed E-state index contributed by atoms with van der Waals surface area (Å²) in [6.07, 6.45) is 16.2. The number of aromatic nitrogens is 4. The van der Waals surface area contributed by atoms with E-state index >= 15 is 0 Å². The minimum absolute atomic E-state index is 0.404. The van der Waals surface area contributed by atoms with Gasteiger partial charge in [-0.05, 0) is 74.7 Å². The Hall–Kier alpha value is -6.78. The Bertz CT molecular complexity index is 2880. The third kappa shape index (κ3) is 5.87. The minimum atomic E-state index is 0.404. The Balaban J connectivity index is 1.35. The lowest BCUT2D eigenvalue weighted by molar-refractivity contribution is 0.776. The van der Waals surface area contributed by atoms with Crippen LogP contribution in [-0.2, 0) is 0 Å². The number of benzene rings is 5. The number of hydrogen-bond acceptors (Lipinski definition) is 2. The third-order valence-electron chi connectivity index (χ3n) is 10.9. The number of rotatable bonds is 8. The van der Waals surface area contributed by atoms with Gasteiger partial charge in [-0.3, -0.25) is 4.57 Å². The van der Waals surface area contributed by atoms with Crippen LogP contribution in [0.3, 0.4) is 0 Å². The smallest absolute Gasteiger partial charge is 0.235 e. The molecule has 0 spiro atoms. The Kier molecular flexibility index (Phi) is 8.80. The first-order valence-electron chi connectivity index (χ1n) is 19.0. The van der Waals surface area contributed by atoms with E-state index in [2.05, 4.69) is 194 Å². The van der Waals surface area contributed by atoms with Crippen molar-refractivity contribution >= 4 is 50.4 Å². The monoisotopic (exact) mass is 710 g/mol. The van der Waals surface area contributed by atoms with Crippen molar-refractivity contribution in [3.8, 4) is 34.2 Å². The summed E-state index contributed by atoms with van der Waals surface area (Å²) >= 11 is 0. The third-order valence-corrected chi connectivity index (χ3v) is 10.9. The SMILES string of the molecule is C=Cc1c(/C=C\C)n(-c2ccccc2)c2c1ccc1c3ccccc3n(-c3nc(-c4ccccc4)cc(-c4cccc(C5=CC=C(C)C(/C=C\C)C5)c4)n3)c12. The Labute approximate surface area is 322 Å². The van der Waals surface area contributed by atoms with E-state index in [9.17, 15) is 0 Å². The van der Waals surface area contributed by atoms with E-state index in [1.54, 1.807) is 0 Å². The second-order valence-corrected chi connectivity index (χ2v) is 14.2. The second kappa shape index (κ2) is 14.2. The van der Waals surface area contributed by atoms with E-state index in [1.165, 1.54) is 16.7 Å². The topological polar surface area (TPSA) is 35.6 Å². The van der Waals surface area contributed by atoms with Crippen molar-refractivity contribution in [3.63, 3.8) is 0 Å². The number of hydrogen-bond donors (Lipinski definition) is 0. The molecular formula is C51H42N4. The summed E-state index contributed by atoms with van der Waals surface area (Å²) in [4.78, 5) is 10.9. The van der Waals surface area contributed by atoms with Crippen LogP contribution in [0, 0.1) is 5.92 Å². The highest BCUT2D eigenvalue weighted by atomic mass is 15.2. The first-order chi connectivity index (χ1) is 27.1. The van der Waals surface area contributed by atoms with Gasteiger partial charge in [-0.25, -0.2) is 9.97 Å². The summed E-state index contributed by atoms with van der Waals surface area (Å²) in [6, 6.07) is 45.1. The van der Waals surface area contributed by atoms with Gasteiger partial charge in [-0.2, -0.15) is 0 Å². The van der Waals surface area contributed by atoms with Gasteiger partial charge in [0.2, 0.25) is 5.95 Å². The number of fused-ring (bicyclic) bond motifs is 5. The van der Waals surface area contributed by atoms with Gasteiger partial charge in [-0.1, -0.05) is 146 Å². The summed E-state index contributed by atoms with van der Waals surface area (Å²) < 4.78 is 4.64. The summed E-state index contributed by atoms with van der Waals surface area (Å²) in [5, 5.41) is 3.41. The lowest BCUT2D eigenvalue weighted by Gasteiger charge is -2.21. The Morgan fingerprint density at radius 2 is 1.31 bits per heavy atom. The van der Waals surface area contributed by atoms with E-state index in [0.29, 0.717) is 11.9 Å². The number of para-hydroxylation sites is 2. The lowest BCUT2D eigenvalue weighted by atomic mass is 9.84. The first kappa shape index (κ1) is 34.0. The van der Waals surface area contributed by atoms with Gasteiger partial charge in [-0.15, -0.1) is 0 Å². The largest absolute Gasteiger partial charge is 0.307 e. The number of nitrogens with zero attached hydrogens (tertiary/aromatic N) is 4. The van der Waals surface area contributed by atoms with E-state index in [4.69, 9.17) is 9.97 Å². The van der Waals surface area contributed by atoms with Crippen molar-refractivity contribution in [1.29, 1.82) is 0 Å². The highest BCUT2D eigenvalue weighted by molar-refractivity contribution is 6.19. The highest BCUT2D eigenvalue weighted by Gasteiger charge is 2.24. The predicted octanol–water partition coefficient (Wildman–Crippen LogP) is 13.5. The molecule has 1 aliphatic rings. The molecule has 0 radical (unpaired) electrons. The molecule has 4 nitrogen and oxygen atoms in total. The van der Waals surface area contributed by atoms with Crippen molar-refractivity contribution in [1.82, 2.24) is 19.1 Å². The lowest BCUT2D eigenvalue weighted by Crippen LogP contribution is -2.06. The maximum atomic E-state index is 5.48. The molecule has 9 rings (SSSR count). The molecule has 8 aromatic rings. The molecule has 3 heterocycles. The first-order valence-corrected chi connectivity index (χ1v) is 19.0. The van der Waals surface area contributed by atoms with Crippen LogP contribution >= 0.6 is 0 Å². The van der Waals surface area contributed by atoms with Gasteiger partial charge < -0.3 is 4.57 Å². The van der Waals surface area contributed by atoms with Crippen molar-refractivity contribution in [3.05, 3.63) is 187 Å². The van der Waals surface area contributed by atoms with Gasteiger partial charge in [0, 0.05) is 44.5 Å². The molecule has 0 fully saturated rings. The Morgan fingerprint density at radius 1 is 0.636 bits per heavy atom. The van der Waals surface area contributed by atoms with Crippen LogP contribution in [0.15, 0.2) is 170 Å². The van der Waals surface area contributed by atoms with Gasteiger partial charge in [0.1, 0.15) is 0 Å². The fraction of sp³-hybridized carbons (Fsp3) is 0.0980. The zero-order chi connectivity index (χ0) is 37.5. The average Bonchev–Trinajstić information content (AvgIpc) is 3.74. The second-order valence-electron chi connectivity index (χ2n) is 14.2. The van der Waals surface area contributed by atoms with Crippen molar-refractivity contribution in [2.24, 2.45) is 5.92 Å². The van der Waals surface area contributed by atoms with Crippen molar-refractivity contribution < 1.29 is 0 Å². The van der Waals surface area contributed by atoms with Gasteiger partial charge >= 0.3 is 0 Å². The average molecular weight is 711 g/mol. The molecule has 266 valence electrons. The molecule has 0 bridgehead atoms. The molecule has 0 aliphatic heterocycles. The van der Waals surface area contributed by atoms with E-state index in [-0.39, 0.29) is 0 Å². The van der Waals surface area contributed by atoms with Crippen LogP contribution in [0.25, 0.3) is 84.6 Å².